The second kappa shape index (κ2) is 13.1. The molecule has 1 aliphatic carbocycles. The first-order valence-corrected chi connectivity index (χ1v) is 13.1. The SMILES string of the molecule is COc1ccnc(C(=O)N[C@H]2CCC[C@H](CC3CCCCC3)[C@@H](OCC(C)C)[C@H](C)OC2=O)c1O. The molecule has 0 unspecified atom stereocenters. The molecule has 4 atom stereocenters. The predicted molar refractivity (Wildman–Crippen MR) is 132 cm³/mol. The van der Waals surface area contributed by atoms with Crippen LogP contribution in [0.4, 0.5) is 0 Å². The van der Waals surface area contributed by atoms with Crippen LogP contribution in [0.15, 0.2) is 12.3 Å². The van der Waals surface area contributed by atoms with Crippen LogP contribution in [0.25, 0.3) is 0 Å². The average molecular weight is 491 g/mol. The minimum absolute atomic E-state index is 0.145. The number of hydrogen-bond acceptors (Lipinski definition) is 7. The van der Waals surface area contributed by atoms with Gasteiger partial charge in [0, 0.05) is 18.9 Å². The lowest BCUT2D eigenvalue weighted by molar-refractivity contribution is -0.162. The van der Waals surface area contributed by atoms with Gasteiger partial charge in [-0.25, -0.2) is 9.78 Å². The van der Waals surface area contributed by atoms with Gasteiger partial charge in [-0.1, -0.05) is 52.4 Å². The fourth-order valence-corrected chi connectivity index (χ4v) is 5.38. The van der Waals surface area contributed by atoms with Gasteiger partial charge in [-0.05, 0) is 43.9 Å². The van der Waals surface area contributed by atoms with E-state index in [1.165, 1.54) is 51.5 Å². The lowest BCUT2D eigenvalue weighted by Crippen LogP contribution is -2.44. The molecule has 1 aromatic rings. The summed E-state index contributed by atoms with van der Waals surface area (Å²) >= 11 is 0. The van der Waals surface area contributed by atoms with Crippen molar-refractivity contribution >= 4 is 11.9 Å². The smallest absolute Gasteiger partial charge is 0.329 e. The second-order valence-electron chi connectivity index (χ2n) is 10.5. The molecule has 0 bridgehead atoms. The monoisotopic (exact) mass is 490 g/mol. The zero-order chi connectivity index (χ0) is 25.4. The number of amides is 1. The maximum atomic E-state index is 13.1. The van der Waals surface area contributed by atoms with E-state index < -0.39 is 24.0 Å². The van der Waals surface area contributed by atoms with Crippen LogP contribution in [0.2, 0.25) is 0 Å². The van der Waals surface area contributed by atoms with Crippen LogP contribution in [-0.4, -0.2) is 53.9 Å². The molecule has 0 aromatic carbocycles. The number of aromatic hydroxyl groups is 1. The Morgan fingerprint density at radius 3 is 2.63 bits per heavy atom. The molecule has 2 fully saturated rings. The van der Waals surface area contributed by atoms with Crippen LogP contribution in [-0.2, 0) is 14.3 Å². The Balaban J connectivity index is 1.73. The van der Waals surface area contributed by atoms with E-state index in [2.05, 4.69) is 24.1 Å². The van der Waals surface area contributed by atoms with Gasteiger partial charge in [0.2, 0.25) is 0 Å². The highest BCUT2D eigenvalue weighted by atomic mass is 16.6. The van der Waals surface area contributed by atoms with Gasteiger partial charge < -0.3 is 24.6 Å². The Morgan fingerprint density at radius 2 is 1.94 bits per heavy atom. The zero-order valence-corrected chi connectivity index (χ0v) is 21.6. The number of aromatic nitrogens is 1. The number of ether oxygens (including phenoxy) is 3. The summed E-state index contributed by atoms with van der Waals surface area (Å²) in [6.45, 7) is 6.76. The number of esters is 1. The molecule has 2 N–H and O–H groups in total. The fourth-order valence-electron chi connectivity index (χ4n) is 5.38. The third kappa shape index (κ3) is 7.56. The van der Waals surface area contributed by atoms with E-state index in [0.717, 1.165) is 19.3 Å². The van der Waals surface area contributed by atoms with Crippen molar-refractivity contribution in [2.45, 2.75) is 96.8 Å². The topological polar surface area (TPSA) is 107 Å². The van der Waals surface area contributed by atoms with E-state index in [9.17, 15) is 14.7 Å². The van der Waals surface area contributed by atoms with Crippen LogP contribution < -0.4 is 10.1 Å². The van der Waals surface area contributed by atoms with Gasteiger partial charge in [0.25, 0.3) is 5.91 Å². The van der Waals surface area contributed by atoms with E-state index >= 15 is 0 Å². The molecule has 196 valence electrons. The number of cyclic esters (lactones) is 1. The van der Waals surface area contributed by atoms with Gasteiger partial charge in [0.15, 0.2) is 17.2 Å². The summed E-state index contributed by atoms with van der Waals surface area (Å²) in [5.41, 5.74) is -0.182. The van der Waals surface area contributed by atoms with Gasteiger partial charge >= 0.3 is 5.97 Å². The normalized spacial score (nSPS) is 26.4. The average Bonchev–Trinajstić information content (AvgIpc) is 2.87. The number of carbonyl (C=O) groups excluding carboxylic acids is 2. The molecular weight excluding hydrogens is 448 g/mol. The fraction of sp³-hybridized carbons (Fsp3) is 0.741. The van der Waals surface area contributed by atoms with Crippen molar-refractivity contribution in [1.82, 2.24) is 10.3 Å². The molecule has 1 aromatic heterocycles. The first-order chi connectivity index (χ1) is 16.8. The Kier molecular flexibility index (Phi) is 10.2. The number of hydrogen-bond donors (Lipinski definition) is 2. The molecule has 1 amide bonds. The molecular formula is C27H42N2O6. The summed E-state index contributed by atoms with van der Waals surface area (Å²) < 4.78 is 17.3. The van der Waals surface area contributed by atoms with Crippen molar-refractivity contribution in [2.24, 2.45) is 17.8 Å². The van der Waals surface area contributed by atoms with E-state index in [1.807, 2.05) is 6.92 Å². The molecule has 1 saturated carbocycles. The van der Waals surface area contributed by atoms with Crippen LogP contribution in [0.1, 0.15) is 89.0 Å². The third-order valence-electron chi connectivity index (χ3n) is 7.19. The second-order valence-corrected chi connectivity index (χ2v) is 10.5. The summed E-state index contributed by atoms with van der Waals surface area (Å²) in [6.07, 6.45) is 10.4. The molecule has 1 saturated heterocycles. The van der Waals surface area contributed by atoms with Crippen molar-refractivity contribution in [1.29, 1.82) is 0 Å². The maximum Gasteiger partial charge on any atom is 0.329 e. The first kappa shape index (κ1) is 27.2. The molecule has 0 radical (unpaired) electrons. The minimum Gasteiger partial charge on any atom is -0.503 e. The molecule has 8 nitrogen and oxygen atoms in total. The standard InChI is InChI=1S/C27H42N2O6/c1-17(2)16-34-25-18(3)35-27(32)21(12-8-11-20(25)15-19-9-6-5-7-10-19)29-26(31)23-24(30)22(33-4)13-14-28-23/h13-14,17-21,25,30H,5-12,15-16H2,1-4H3,(H,29,31)/t18-,20+,21-,25-/m0/s1. The van der Waals surface area contributed by atoms with Gasteiger partial charge in [-0.3, -0.25) is 4.79 Å². The number of carbonyl (C=O) groups is 2. The first-order valence-electron chi connectivity index (χ1n) is 13.1. The summed E-state index contributed by atoms with van der Waals surface area (Å²) in [7, 11) is 1.40. The quantitative estimate of drug-likeness (QED) is 0.511. The summed E-state index contributed by atoms with van der Waals surface area (Å²) in [4.78, 5) is 29.9. The number of nitrogens with one attached hydrogen (secondary N) is 1. The van der Waals surface area contributed by atoms with Crippen molar-refractivity contribution in [3.05, 3.63) is 18.0 Å². The Bertz CT molecular complexity index is 839. The van der Waals surface area contributed by atoms with Crippen molar-refractivity contribution < 1.29 is 28.9 Å². The van der Waals surface area contributed by atoms with Crippen LogP contribution in [0.5, 0.6) is 11.5 Å². The highest BCUT2D eigenvalue weighted by Crippen LogP contribution is 2.35. The maximum absolute atomic E-state index is 13.1. The Morgan fingerprint density at radius 1 is 1.20 bits per heavy atom. The molecule has 0 spiro atoms. The summed E-state index contributed by atoms with van der Waals surface area (Å²) in [5.74, 6) is 0.0547. The van der Waals surface area contributed by atoms with Crippen molar-refractivity contribution in [3.63, 3.8) is 0 Å². The summed E-state index contributed by atoms with van der Waals surface area (Å²) in [6, 6.07) is 0.641. The van der Waals surface area contributed by atoms with Crippen molar-refractivity contribution in [2.75, 3.05) is 13.7 Å². The largest absolute Gasteiger partial charge is 0.503 e. The number of rotatable bonds is 8. The number of methoxy groups -OCH3 is 1. The van der Waals surface area contributed by atoms with E-state index in [1.54, 1.807) is 0 Å². The highest BCUT2D eigenvalue weighted by Gasteiger charge is 2.36. The minimum atomic E-state index is -0.823. The predicted octanol–water partition coefficient (Wildman–Crippen LogP) is 4.64. The van der Waals surface area contributed by atoms with Gasteiger partial charge in [0.1, 0.15) is 12.1 Å². The highest BCUT2D eigenvalue weighted by molar-refractivity contribution is 5.97. The molecule has 2 heterocycles. The number of nitrogens with zero attached hydrogens (tertiary/aromatic N) is 1. The molecule has 2 aliphatic rings. The lowest BCUT2D eigenvalue weighted by Gasteiger charge is -2.34. The third-order valence-corrected chi connectivity index (χ3v) is 7.19. The van der Waals surface area contributed by atoms with Crippen molar-refractivity contribution in [3.8, 4) is 11.5 Å². The molecule has 3 rings (SSSR count). The molecule has 1 aliphatic heterocycles. The van der Waals surface area contributed by atoms with Gasteiger partial charge in [-0.15, -0.1) is 0 Å². The zero-order valence-electron chi connectivity index (χ0n) is 21.6. The molecule has 8 heteroatoms. The van der Waals surface area contributed by atoms with E-state index in [0.29, 0.717) is 30.8 Å². The van der Waals surface area contributed by atoms with Crippen LogP contribution >= 0.6 is 0 Å². The Labute approximate surface area is 209 Å². The van der Waals surface area contributed by atoms with Crippen LogP contribution in [0.3, 0.4) is 0 Å². The van der Waals surface area contributed by atoms with E-state index in [-0.39, 0.29) is 23.3 Å². The Hall–Kier alpha value is -2.35. The molecule has 35 heavy (non-hydrogen) atoms. The number of pyridine rings is 1. The van der Waals surface area contributed by atoms with Crippen LogP contribution in [0, 0.1) is 17.8 Å². The summed E-state index contributed by atoms with van der Waals surface area (Å²) in [5, 5.41) is 13.0. The van der Waals surface area contributed by atoms with Gasteiger partial charge in [-0.2, -0.15) is 0 Å². The van der Waals surface area contributed by atoms with E-state index in [4.69, 9.17) is 14.2 Å². The lowest BCUT2D eigenvalue weighted by atomic mass is 9.78. The van der Waals surface area contributed by atoms with Gasteiger partial charge in [0.05, 0.1) is 13.2 Å².